The number of terminal acetylenes is 1. The lowest BCUT2D eigenvalue weighted by Crippen LogP contribution is -2.43. The molecule has 5 atom stereocenters. The van der Waals surface area contributed by atoms with Gasteiger partial charge in [0.15, 0.2) is 12.6 Å². The standard InChI is InChI=1S/C35H33F3N6O5/c1-3-21-26(37)6-5-18-9-20(49-17-47-2)10-22(27(18)21)30-28(38)31-23(12-39-30)32(43-14-24-25(15-43)29(24)41-34(45)46)42-33(40-31)48-16-35-7-4-8-44(35)13-19(36)11-35/h1,5-6,9-10,12,19,24-25,29,41H,4,7-8,11,13-17H2,2H3,(H,45,46)/t19-,24-,25+,29+,35+/m1/s1. The fourth-order valence-corrected chi connectivity index (χ4v) is 8.17. The molecule has 1 saturated carbocycles. The zero-order valence-corrected chi connectivity index (χ0v) is 26.6. The van der Waals surface area contributed by atoms with Crippen LogP contribution >= 0.6 is 0 Å². The van der Waals surface area contributed by atoms with Crippen LogP contribution in [0.1, 0.15) is 24.8 Å². The van der Waals surface area contributed by atoms with Gasteiger partial charge in [-0.15, -0.1) is 6.42 Å². The number of hydrogen-bond donors (Lipinski definition) is 2. The maximum Gasteiger partial charge on any atom is 0.404 e. The van der Waals surface area contributed by atoms with Gasteiger partial charge in [-0.3, -0.25) is 9.88 Å². The van der Waals surface area contributed by atoms with E-state index in [4.69, 9.17) is 25.6 Å². The van der Waals surface area contributed by atoms with E-state index < -0.39 is 29.4 Å². The number of methoxy groups -OCH3 is 1. The van der Waals surface area contributed by atoms with E-state index in [0.29, 0.717) is 48.4 Å². The van der Waals surface area contributed by atoms with Crippen LogP contribution in [-0.2, 0) is 4.74 Å². The first-order valence-electron chi connectivity index (χ1n) is 16.2. The number of carboxylic acid groups (broad SMARTS) is 1. The molecule has 14 heteroatoms. The number of ether oxygens (including phenoxy) is 3. The quantitative estimate of drug-likeness (QED) is 0.190. The van der Waals surface area contributed by atoms with Crippen molar-refractivity contribution in [2.24, 2.45) is 11.8 Å². The summed E-state index contributed by atoms with van der Waals surface area (Å²) in [6.07, 6.45) is 7.21. The summed E-state index contributed by atoms with van der Waals surface area (Å²) in [5.74, 6) is 1.83. The number of aromatic nitrogens is 3. The number of pyridine rings is 1. The Morgan fingerprint density at radius 2 is 2.00 bits per heavy atom. The molecule has 0 bridgehead atoms. The second kappa shape index (κ2) is 11.9. The van der Waals surface area contributed by atoms with Gasteiger partial charge in [0.25, 0.3) is 0 Å². The van der Waals surface area contributed by atoms with Crippen molar-refractivity contribution in [1.82, 2.24) is 25.2 Å². The van der Waals surface area contributed by atoms with Crippen molar-refractivity contribution in [1.29, 1.82) is 0 Å². The van der Waals surface area contributed by atoms with Crippen LogP contribution < -0.4 is 19.7 Å². The molecule has 11 nitrogen and oxygen atoms in total. The third-order valence-corrected chi connectivity index (χ3v) is 10.4. The van der Waals surface area contributed by atoms with Crippen molar-refractivity contribution < 1.29 is 37.3 Å². The maximum absolute atomic E-state index is 17.0. The van der Waals surface area contributed by atoms with E-state index in [1.165, 1.54) is 31.5 Å². The highest BCUT2D eigenvalue weighted by Gasteiger charge is 2.57. The molecular formula is C35H33F3N6O5. The molecule has 1 amide bonds. The highest BCUT2D eigenvalue weighted by atomic mass is 19.1. The van der Waals surface area contributed by atoms with Gasteiger partial charge in [-0.1, -0.05) is 12.0 Å². The van der Waals surface area contributed by atoms with E-state index in [9.17, 15) is 18.7 Å². The molecule has 4 aliphatic rings. The topological polar surface area (TPSA) is 122 Å². The SMILES string of the molecule is C#Cc1c(F)ccc2cc(OCOC)cc(-c3ncc4c(N5C[C@@H]6[C@H](C5)[C@H]6NC(=O)O)nc(OC[C@@]56CCCN5C[C@H](F)C6)nc4c3F)c12. The Kier molecular flexibility index (Phi) is 7.64. The zero-order valence-electron chi connectivity index (χ0n) is 26.6. The van der Waals surface area contributed by atoms with Gasteiger partial charge in [0, 0.05) is 68.2 Å². The van der Waals surface area contributed by atoms with Crippen LogP contribution in [-0.4, -0.2) is 95.5 Å². The van der Waals surface area contributed by atoms with Gasteiger partial charge in [-0.05, 0) is 43.0 Å². The summed E-state index contributed by atoms with van der Waals surface area (Å²) in [6, 6.07) is 5.73. The Hall–Kier alpha value is -4.87. The number of nitrogens with zero attached hydrogens (tertiary/aromatic N) is 5. The third kappa shape index (κ3) is 5.32. The predicted octanol–water partition coefficient (Wildman–Crippen LogP) is 4.74. The Labute approximate surface area is 279 Å². The summed E-state index contributed by atoms with van der Waals surface area (Å²) >= 11 is 0. The van der Waals surface area contributed by atoms with Gasteiger partial charge < -0.3 is 29.5 Å². The molecule has 4 aromatic rings. The first-order valence-corrected chi connectivity index (χ1v) is 16.2. The van der Waals surface area contributed by atoms with Crippen molar-refractivity contribution in [3.05, 3.63) is 47.7 Å². The Morgan fingerprint density at radius 1 is 1.18 bits per heavy atom. The third-order valence-electron chi connectivity index (χ3n) is 10.4. The number of amides is 1. The summed E-state index contributed by atoms with van der Waals surface area (Å²) in [5.41, 5.74) is -0.546. The minimum atomic E-state index is -1.08. The Morgan fingerprint density at radius 3 is 2.76 bits per heavy atom. The molecular weight excluding hydrogens is 641 g/mol. The van der Waals surface area contributed by atoms with E-state index in [-0.39, 0.29) is 65.0 Å². The molecule has 5 heterocycles. The van der Waals surface area contributed by atoms with E-state index in [1.54, 1.807) is 6.07 Å². The molecule has 2 aromatic heterocycles. The van der Waals surface area contributed by atoms with Gasteiger partial charge in [0.2, 0.25) is 0 Å². The summed E-state index contributed by atoms with van der Waals surface area (Å²) < 4.78 is 63.4. The molecule has 0 radical (unpaired) electrons. The molecule has 2 aromatic carbocycles. The highest BCUT2D eigenvalue weighted by molar-refractivity contribution is 6.03. The van der Waals surface area contributed by atoms with E-state index in [1.807, 2.05) is 4.90 Å². The highest BCUT2D eigenvalue weighted by Crippen LogP contribution is 2.48. The van der Waals surface area contributed by atoms with Crippen molar-refractivity contribution in [3.63, 3.8) is 0 Å². The summed E-state index contributed by atoms with van der Waals surface area (Å²) in [7, 11) is 1.47. The van der Waals surface area contributed by atoms with Crippen LogP contribution in [0.15, 0.2) is 30.5 Å². The number of benzene rings is 2. The second-order valence-electron chi connectivity index (χ2n) is 13.3. The summed E-state index contributed by atoms with van der Waals surface area (Å²) in [6.45, 7) is 2.16. The van der Waals surface area contributed by atoms with E-state index in [2.05, 4.69) is 26.1 Å². The number of carbonyl (C=O) groups is 1. The van der Waals surface area contributed by atoms with Crippen LogP contribution in [0, 0.1) is 35.8 Å². The normalized spacial score (nSPS) is 25.7. The molecule has 3 aliphatic heterocycles. The fraction of sp³-hybridized carbons (Fsp3) is 0.429. The van der Waals surface area contributed by atoms with E-state index >= 15 is 4.39 Å². The van der Waals surface area contributed by atoms with Gasteiger partial charge in [0.05, 0.1) is 16.5 Å². The molecule has 2 N–H and O–H groups in total. The number of hydrogen-bond acceptors (Lipinski definition) is 9. The number of anilines is 1. The average molecular weight is 675 g/mol. The summed E-state index contributed by atoms with van der Waals surface area (Å²) in [5, 5.41) is 12.9. The molecule has 0 spiro atoms. The van der Waals surface area contributed by atoms with Gasteiger partial charge >= 0.3 is 12.1 Å². The molecule has 4 fully saturated rings. The fourth-order valence-electron chi connectivity index (χ4n) is 8.17. The summed E-state index contributed by atoms with van der Waals surface area (Å²) in [4.78, 5) is 29.1. The lowest BCUT2D eigenvalue weighted by Gasteiger charge is -2.31. The molecule has 254 valence electrons. The van der Waals surface area contributed by atoms with Crippen molar-refractivity contribution in [2.75, 3.05) is 51.6 Å². The predicted molar refractivity (Wildman–Crippen MR) is 173 cm³/mol. The smallest absolute Gasteiger partial charge is 0.404 e. The Balaban J connectivity index is 1.24. The molecule has 49 heavy (non-hydrogen) atoms. The van der Waals surface area contributed by atoms with Crippen molar-refractivity contribution in [3.8, 4) is 35.4 Å². The molecule has 3 saturated heterocycles. The molecule has 8 rings (SSSR count). The van der Waals surface area contributed by atoms with Crippen molar-refractivity contribution >= 4 is 33.6 Å². The Bertz CT molecular complexity index is 2030. The van der Waals surface area contributed by atoms with Gasteiger partial charge in [-0.2, -0.15) is 9.97 Å². The average Bonchev–Trinajstić information content (AvgIpc) is 3.41. The van der Waals surface area contributed by atoms with Crippen LogP contribution in [0.4, 0.5) is 23.8 Å². The minimum absolute atomic E-state index is 0.0524. The first-order chi connectivity index (χ1) is 23.7. The number of nitrogens with one attached hydrogen (secondary N) is 1. The van der Waals surface area contributed by atoms with Gasteiger partial charge in [0.1, 0.15) is 41.4 Å². The number of piperidine rings is 1. The lowest BCUT2D eigenvalue weighted by molar-refractivity contribution is 0.0512. The minimum Gasteiger partial charge on any atom is -0.468 e. The zero-order chi connectivity index (χ0) is 34.0. The van der Waals surface area contributed by atoms with Crippen LogP contribution in [0.25, 0.3) is 32.9 Å². The van der Waals surface area contributed by atoms with Crippen LogP contribution in [0.2, 0.25) is 0 Å². The maximum atomic E-state index is 17.0. The monoisotopic (exact) mass is 674 g/mol. The largest absolute Gasteiger partial charge is 0.468 e. The second-order valence-corrected chi connectivity index (χ2v) is 13.3. The number of fused-ring (bicyclic) bond motifs is 4. The molecule has 0 unspecified atom stereocenters. The number of alkyl halides is 1. The van der Waals surface area contributed by atoms with E-state index in [0.717, 1.165) is 19.4 Å². The lowest BCUT2D eigenvalue weighted by atomic mass is 9.95. The van der Waals surface area contributed by atoms with Crippen LogP contribution in [0.3, 0.4) is 0 Å². The van der Waals surface area contributed by atoms with Crippen molar-refractivity contribution in [2.45, 2.75) is 37.0 Å². The molecule has 1 aliphatic carbocycles. The number of rotatable bonds is 9. The van der Waals surface area contributed by atoms with Crippen LogP contribution in [0.5, 0.6) is 11.8 Å². The first kappa shape index (κ1) is 31.4. The number of halogens is 3. The van der Waals surface area contributed by atoms with Gasteiger partial charge in [-0.25, -0.2) is 18.0 Å².